The monoisotopic (exact) mass is 478 g/mol. The van der Waals surface area contributed by atoms with Crippen molar-refractivity contribution >= 4 is 18.0 Å². The van der Waals surface area contributed by atoms with Crippen LogP contribution < -0.4 is 10.6 Å². The molecule has 2 aliphatic rings. The van der Waals surface area contributed by atoms with Crippen molar-refractivity contribution in [2.24, 2.45) is 11.8 Å². The smallest absolute Gasteiger partial charge is 0.407 e. The molecule has 2 aliphatic carbocycles. The average Bonchev–Trinajstić information content (AvgIpc) is 3.19. The van der Waals surface area contributed by atoms with E-state index in [1.807, 2.05) is 24.3 Å². The minimum atomic E-state index is -0.817. The lowest BCUT2D eigenvalue weighted by Crippen LogP contribution is -2.42. The van der Waals surface area contributed by atoms with Crippen LogP contribution in [0.15, 0.2) is 48.5 Å². The SMILES string of the molecule is O=C(O)CCCCNC(=O)[C@@H]1CCCC[C@@H]1CNC(=O)OCC1c2ccccc2-c2ccccc21. The van der Waals surface area contributed by atoms with Gasteiger partial charge in [-0.25, -0.2) is 4.79 Å². The van der Waals surface area contributed by atoms with Gasteiger partial charge in [0.15, 0.2) is 0 Å². The fourth-order valence-corrected chi connectivity index (χ4v) is 5.40. The van der Waals surface area contributed by atoms with E-state index in [1.165, 1.54) is 22.3 Å². The van der Waals surface area contributed by atoms with E-state index in [-0.39, 0.29) is 36.7 Å². The molecule has 35 heavy (non-hydrogen) atoms. The summed E-state index contributed by atoms with van der Waals surface area (Å²) in [6, 6.07) is 16.5. The van der Waals surface area contributed by atoms with Crippen molar-refractivity contribution in [3.8, 4) is 11.1 Å². The summed E-state index contributed by atoms with van der Waals surface area (Å²) in [5.74, 6) is -0.870. The van der Waals surface area contributed by atoms with Crippen molar-refractivity contribution in [1.82, 2.24) is 10.6 Å². The number of ether oxygens (including phenoxy) is 1. The first-order chi connectivity index (χ1) is 17.0. The molecule has 0 aliphatic heterocycles. The zero-order valence-corrected chi connectivity index (χ0v) is 20.0. The molecule has 7 heteroatoms. The molecule has 2 aromatic carbocycles. The van der Waals surface area contributed by atoms with Crippen molar-refractivity contribution in [1.29, 1.82) is 0 Å². The first kappa shape index (κ1) is 24.8. The summed E-state index contributed by atoms with van der Waals surface area (Å²) in [5.41, 5.74) is 4.73. The van der Waals surface area contributed by atoms with E-state index in [0.717, 1.165) is 25.7 Å². The lowest BCUT2D eigenvalue weighted by atomic mass is 9.78. The zero-order chi connectivity index (χ0) is 24.6. The fourth-order valence-electron chi connectivity index (χ4n) is 5.40. The Labute approximate surface area is 206 Å². The summed E-state index contributed by atoms with van der Waals surface area (Å²) in [4.78, 5) is 35.9. The summed E-state index contributed by atoms with van der Waals surface area (Å²) in [6.45, 7) is 1.16. The molecule has 0 saturated heterocycles. The number of carbonyl (C=O) groups excluding carboxylic acids is 2. The molecule has 2 aromatic rings. The number of benzene rings is 2. The van der Waals surface area contributed by atoms with Gasteiger partial charge in [-0.1, -0.05) is 61.4 Å². The molecule has 0 unspecified atom stereocenters. The maximum atomic E-state index is 12.7. The average molecular weight is 479 g/mol. The number of hydrogen-bond donors (Lipinski definition) is 3. The summed E-state index contributed by atoms with van der Waals surface area (Å²) in [7, 11) is 0. The number of carbonyl (C=O) groups is 3. The lowest BCUT2D eigenvalue weighted by molar-refractivity contribution is -0.137. The first-order valence-corrected chi connectivity index (χ1v) is 12.6. The summed E-state index contributed by atoms with van der Waals surface area (Å²) < 4.78 is 5.64. The van der Waals surface area contributed by atoms with Gasteiger partial charge in [-0.05, 0) is 53.9 Å². The van der Waals surface area contributed by atoms with Crippen molar-refractivity contribution in [3.63, 3.8) is 0 Å². The summed E-state index contributed by atoms with van der Waals surface area (Å²) in [6.07, 6.45) is 4.59. The van der Waals surface area contributed by atoms with Crippen LogP contribution in [0.5, 0.6) is 0 Å². The van der Waals surface area contributed by atoms with Crippen molar-refractivity contribution in [2.45, 2.75) is 50.9 Å². The van der Waals surface area contributed by atoms with Gasteiger partial charge in [-0.2, -0.15) is 0 Å². The number of rotatable bonds is 10. The third-order valence-corrected chi connectivity index (χ3v) is 7.21. The van der Waals surface area contributed by atoms with Gasteiger partial charge >= 0.3 is 12.1 Å². The molecule has 2 amide bonds. The number of aliphatic carboxylic acids is 1. The Morgan fingerprint density at radius 2 is 1.54 bits per heavy atom. The Kier molecular flexibility index (Phi) is 8.40. The fraction of sp³-hybridized carbons (Fsp3) is 0.464. The van der Waals surface area contributed by atoms with Gasteiger partial charge in [-0.3, -0.25) is 9.59 Å². The third-order valence-electron chi connectivity index (χ3n) is 7.21. The molecule has 1 fully saturated rings. The van der Waals surface area contributed by atoms with Gasteiger partial charge < -0.3 is 20.5 Å². The first-order valence-electron chi connectivity index (χ1n) is 12.6. The maximum absolute atomic E-state index is 12.7. The van der Waals surface area contributed by atoms with Gasteiger partial charge in [0.25, 0.3) is 0 Å². The lowest BCUT2D eigenvalue weighted by Gasteiger charge is -2.30. The normalized spacial score (nSPS) is 18.9. The largest absolute Gasteiger partial charge is 0.481 e. The Morgan fingerprint density at radius 1 is 0.886 bits per heavy atom. The van der Waals surface area contributed by atoms with Crippen molar-refractivity contribution in [2.75, 3.05) is 19.7 Å². The van der Waals surface area contributed by atoms with Gasteiger partial charge in [0.05, 0.1) is 0 Å². The molecule has 1 saturated carbocycles. The second kappa shape index (κ2) is 11.9. The van der Waals surface area contributed by atoms with Crippen LogP contribution in [0.2, 0.25) is 0 Å². The van der Waals surface area contributed by atoms with Crippen LogP contribution in [0.4, 0.5) is 4.79 Å². The van der Waals surface area contributed by atoms with Crippen LogP contribution >= 0.6 is 0 Å². The summed E-state index contributed by atoms with van der Waals surface area (Å²) >= 11 is 0. The Bertz CT molecular complexity index is 1010. The highest BCUT2D eigenvalue weighted by atomic mass is 16.5. The molecular weight excluding hydrogens is 444 g/mol. The van der Waals surface area contributed by atoms with E-state index in [9.17, 15) is 14.4 Å². The van der Waals surface area contributed by atoms with E-state index in [2.05, 4.69) is 34.9 Å². The Balaban J connectivity index is 1.25. The molecule has 0 bridgehead atoms. The molecule has 3 N–H and O–H groups in total. The Hall–Kier alpha value is -3.35. The number of nitrogens with one attached hydrogen (secondary N) is 2. The highest BCUT2D eigenvalue weighted by Gasteiger charge is 2.32. The molecule has 2 atom stereocenters. The molecule has 0 radical (unpaired) electrons. The van der Waals surface area contributed by atoms with E-state index in [0.29, 0.717) is 25.9 Å². The number of amides is 2. The van der Waals surface area contributed by atoms with Crippen LogP contribution in [0, 0.1) is 11.8 Å². The quantitative estimate of drug-likeness (QED) is 0.429. The highest BCUT2D eigenvalue weighted by molar-refractivity contribution is 5.80. The number of carboxylic acids is 1. The van der Waals surface area contributed by atoms with Crippen molar-refractivity contribution < 1.29 is 24.2 Å². The minimum absolute atomic E-state index is 0.000591. The highest BCUT2D eigenvalue weighted by Crippen LogP contribution is 2.44. The molecule has 7 nitrogen and oxygen atoms in total. The number of fused-ring (bicyclic) bond motifs is 3. The molecule has 0 spiro atoms. The minimum Gasteiger partial charge on any atom is -0.481 e. The van der Waals surface area contributed by atoms with Gasteiger partial charge in [-0.15, -0.1) is 0 Å². The van der Waals surface area contributed by atoms with Crippen LogP contribution in [-0.2, 0) is 14.3 Å². The second-order valence-electron chi connectivity index (χ2n) is 9.50. The summed E-state index contributed by atoms with van der Waals surface area (Å²) in [5, 5.41) is 14.6. The molecule has 0 aromatic heterocycles. The number of unbranched alkanes of at least 4 members (excludes halogenated alkanes) is 1. The number of carboxylic acid groups (broad SMARTS) is 1. The zero-order valence-electron chi connectivity index (χ0n) is 20.0. The molecule has 186 valence electrons. The van der Waals surface area contributed by atoms with Crippen LogP contribution in [0.3, 0.4) is 0 Å². The van der Waals surface area contributed by atoms with Gasteiger partial charge in [0.2, 0.25) is 5.91 Å². The topological polar surface area (TPSA) is 105 Å². The van der Waals surface area contributed by atoms with Crippen LogP contribution in [0.25, 0.3) is 11.1 Å². The van der Waals surface area contributed by atoms with Crippen LogP contribution in [-0.4, -0.2) is 42.8 Å². The number of alkyl carbamates (subject to hydrolysis) is 1. The molecule has 0 heterocycles. The van der Waals surface area contributed by atoms with E-state index in [1.54, 1.807) is 0 Å². The number of hydrogen-bond acceptors (Lipinski definition) is 4. The molecular formula is C28H34N2O5. The van der Waals surface area contributed by atoms with Crippen LogP contribution in [0.1, 0.15) is 62.0 Å². The Morgan fingerprint density at radius 3 is 2.23 bits per heavy atom. The maximum Gasteiger partial charge on any atom is 0.407 e. The van der Waals surface area contributed by atoms with E-state index >= 15 is 0 Å². The van der Waals surface area contributed by atoms with Gasteiger partial charge in [0.1, 0.15) is 6.61 Å². The van der Waals surface area contributed by atoms with E-state index in [4.69, 9.17) is 9.84 Å². The standard InChI is InChI=1S/C28H34N2O5/c31-26(32)15-7-8-16-29-27(33)20-10-2-1-9-19(20)17-30-28(34)35-18-25-23-13-5-3-11-21(23)22-12-4-6-14-24(22)25/h3-6,11-14,19-20,25H,1-2,7-10,15-18H2,(H,29,33)(H,30,34)(H,31,32)/t19-,20-/m1/s1. The van der Waals surface area contributed by atoms with Crippen molar-refractivity contribution in [3.05, 3.63) is 59.7 Å². The second-order valence-corrected chi connectivity index (χ2v) is 9.50. The van der Waals surface area contributed by atoms with Gasteiger partial charge in [0, 0.05) is 31.3 Å². The molecule has 4 rings (SSSR count). The third kappa shape index (κ3) is 6.21. The predicted molar refractivity (Wildman–Crippen MR) is 133 cm³/mol. The van der Waals surface area contributed by atoms with E-state index < -0.39 is 12.1 Å². The predicted octanol–water partition coefficient (Wildman–Crippen LogP) is 4.70.